The Hall–Kier alpha value is -2.50. The summed E-state index contributed by atoms with van der Waals surface area (Å²) in [5.41, 5.74) is 1.44. The van der Waals surface area contributed by atoms with E-state index in [1.54, 1.807) is 24.3 Å². The van der Waals surface area contributed by atoms with Crippen molar-refractivity contribution in [2.24, 2.45) is 5.92 Å². The summed E-state index contributed by atoms with van der Waals surface area (Å²) < 4.78 is 18.4. The molecule has 1 aromatic carbocycles. The second-order valence-electron chi connectivity index (χ2n) is 5.88. The second-order valence-corrected chi connectivity index (χ2v) is 5.88. The molecule has 1 amide bonds. The van der Waals surface area contributed by atoms with Crippen LogP contribution in [0.1, 0.15) is 25.7 Å². The lowest BCUT2D eigenvalue weighted by Gasteiger charge is -2.10. The molecule has 6 heteroatoms. The molecule has 1 saturated carbocycles. The highest BCUT2D eigenvalue weighted by atomic mass is 19.1. The summed E-state index contributed by atoms with van der Waals surface area (Å²) in [6, 6.07) is 9.55. The Kier molecular flexibility index (Phi) is 5.36. The molecule has 1 aromatic heterocycles. The van der Waals surface area contributed by atoms with E-state index < -0.39 is 0 Å². The molecule has 0 unspecified atom stereocenters. The monoisotopic (exact) mass is 329 g/mol. The van der Waals surface area contributed by atoms with Gasteiger partial charge >= 0.3 is 0 Å². The third-order valence-electron chi connectivity index (χ3n) is 4.16. The summed E-state index contributed by atoms with van der Waals surface area (Å²) in [6.07, 6.45) is 4.27. The van der Waals surface area contributed by atoms with Crippen LogP contribution in [0.5, 0.6) is 5.88 Å². The van der Waals surface area contributed by atoms with Crippen LogP contribution in [0.4, 0.5) is 4.39 Å². The molecule has 1 heterocycles. The first-order valence-electron chi connectivity index (χ1n) is 8.22. The molecule has 1 aliphatic carbocycles. The third kappa shape index (κ3) is 4.28. The van der Waals surface area contributed by atoms with Gasteiger partial charge in [0.15, 0.2) is 0 Å². The molecule has 0 saturated heterocycles. The van der Waals surface area contributed by atoms with Crippen LogP contribution in [0.15, 0.2) is 36.4 Å². The fourth-order valence-electron chi connectivity index (χ4n) is 2.83. The zero-order chi connectivity index (χ0) is 16.8. The van der Waals surface area contributed by atoms with Crippen LogP contribution in [0, 0.1) is 11.7 Å². The molecule has 0 radical (unpaired) electrons. The Morgan fingerprint density at radius 1 is 1.12 bits per heavy atom. The van der Waals surface area contributed by atoms with E-state index in [9.17, 15) is 9.18 Å². The zero-order valence-electron chi connectivity index (χ0n) is 13.4. The molecule has 0 aliphatic heterocycles. The molecule has 3 rings (SSSR count). The van der Waals surface area contributed by atoms with Gasteiger partial charge in [-0.25, -0.2) is 4.39 Å². The van der Waals surface area contributed by atoms with Crippen LogP contribution in [0.2, 0.25) is 0 Å². The SMILES string of the molecule is O=C(NCCOc1ccc(-c2ccc(F)cc2)nn1)C1CCCC1. The summed E-state index contributed by atoms with van der Waals surface area (Å²) in [5, 5.41) is 11.0. The lowest BCUT2D eigenvalue weighted by molar-refractivity contribution is -0.124. The number of nitrogens with zero attached hydrogens (tertiary/aromatic N) is 2. The van der Waals surface area contributed by atoms with Gasteiger partial charge in [0.2, 0.25) is 11.8 Å². The maximum absolute atomic E-state index is 12.9. The number of hydrogen-bond donors (Lipinski definition) is 1. The second kappa shape index (κ2) is 7.86. The summed E-state index contributed by atoms with van der Waals surface area (Å²) >= 11 is 0. The number of carbonyl (C=O) groups is 1. The minimum absolute atomic E-state index is 0.119. The van der Waals surface area contributed by atoms with E-state index in [0.717, 1.165) is 31.2 Å². The van der Waals surface area contributed by atoms with Gasteiger partial charge in [0.25, 0.3) is 0 Å². The van der Waals surface area contributed by atoms with Crippen molar-refractivity contribution in [2.45, 2.75) is 25.7 Å². The average molecular weight is 329 g/mol. The molecular formula is C18H20FN3O2. The molecule has 0 bridgehead atoms. The molecule has 0 atom stereocenters. The Labute approximate surface area is 140 Å². The molecule has 0 spiro atoms. The number of rotatable bonds is 6. The molecular weight excluding hydrogens is 309 g/mol. The van der Waals surface area contributed by atoms with Gasteiger partial charge < -0.3 is 10.1 Å². The predicted molar refractivity (Wildman–Crippen MR) is 87.9 cm³/mol. The fourth-order valence-corrected chi connectivity index (χ4v) is 2.83. The molecule has 1 aliphatic rings. The highest BCUT2D eigenvalue weighted by Gasteiger charge is 2.21. The maximum Gasteiger partial charge on any atom is 0.233 e. The smallest absolute Gasteiger partial charge is 0.233 e. The third-order valence-corrected chi connectivity index (χ3v) is 4.16. The summed E-state index contributed by atoms with van der Waals surface area (Å²) in [4.78, 5) is 11.9. The Bertz CT molecular complexity index is 668. The summed E-state index contributed by atoms with van der Waals surface area (Å²) in [6.45, 7) is 0.805. The highest BCUT2D eigenvalue weighted by molar-refractivity contribution is 5.78. The molecule has 5 nitrogen and oxygen atoms in total. The van der Waals surface area contributed by atoms with Crippen LogP contribution in [-0.2, 0) is 4.79 Å². The van der Waals surface area contributed by atoms with E-state index in [2.05, 4.69) is 15.5 Å². The van der Waals surface area contributed by atoms with E-state index in [-0.39, 0.29) is 17.6 Å². The number of hydrogen-bond acceptors (Lipinski definition) is 4. The first-order chi connectivity index (χ1) is 11.7. The largest absolute Gasteiger partial charge is 0.475 e. The van der Waals surface area contributed by atoms with Crippen LogP contribution in [0.25, 0.3) is 11.3 Å². The van der Waals surface area contributed by atoms with Crippen molar-refractivity contribution in [3.8, 4) is 17.1 Å². The molecule has 2 aromatic rings. The first-order valence-corrected chi connectivity index (χ1v) is 8.22. The lowest BCUT2D eigenvalue weighted by atomic mass is 10.1. The fraction of sp³-hybridized carbons (Fsp3) is 0.389. The normalized spacial score (nSPS) is 14.5. The van der Waals surface area contributed by atoms with Gasteiger partial charge in [0.05, 0.1) is 12.2 Å². The molecule has 1 fully saturated rings. The van der Waals surface area contributed by atoms with Gasteiger partial charge in [-0.15, -0.1) is 10.2 Å². The van der Waals surface area contributed by atoms with Crippen LogP contribution in [0.3, 0.4) is 0 Å². The number of carbonyl (C=O) groups excluding carboxylic acids is 1. The van der Waals surface area contributed by atoms with Gasteiger partial charge in [0, 0.05) is 17.5 Å². The number of benzene rings is 1. The number of aromatic nitrogens is 2. The van der Waals surface area contributed by atoms with E-state index in [1.807, 2.05) is 0 Å². The van der Waals surface area contributed by atoms with Gasteiger partial charge in [-0.1, -0.05) is 12.8 Å². The van der Waals surface area contributed by atoms with Gasteiger partial charge in [-0.05, 0) is 43.2 Å². The Morgan fingerprint density at radius 2 is 1.88 bits per heavy atom. The minimum atomic E-state index is -0.286. The number of halogens is 1. The molecule has 24 heavy (non-hydrogen) atoms. The topological polar surface area (TPSA) is 64.1 Å². The van der Waals surface area contributed by atoms with E-state index in [1.165, 1.54) is 12.1 Å². The minimum Gasteiger partial charge on any atom is -0.475 e. The Morgan fingerprint density at radius 3 is 2.54 bits per heavy atom. The number of nitrogens with one attached hydrogen (secondary N) is 1. The van der Waals surface area contributed by atoms with Crippen LogP contribution < -0.4 is 10.1 Å². The van der Waals surface area contributed by atoms with Gasteiger partial charge in [-0.2, -0.15) is 0 Å². The van der Waals surface area contributed by atoms with E-state index in [4.69, 9.17) is 4.74 Å². The average Bonchev–Trinajstić information content (AvgIpc) is 3.15. The Balaban J connectivity index is 1.44. The van der Waals surface area contributed by atoms with Crippen molar-refractivity contribution in [3.63, 3.8) is 0 Å². The maximum atomic E-state index is 12.9. The first kappa shape index (κ1) is 16.4. The van der Waals surface area contributed by atoms with Crippen molar-refractivity contribution in [1.29, 1.82) is 0 Å². The standard InChI is InChI=1S/C18H20FN3O2/c19-15-7-5-13(6-8-15)16-9-10-17(22-21-16)24-12-11-20-18(23)14-3-1-2-4-14/h5-10,14H,1-4,11-12H2,(H,20,23). The number of amides is 1. The van der Waals surface area contributed by atoms with Crippen molar-refractivity contribution in [1.82, 2.24) is 15.5 Å². The summed E-state index contributed by atoms with van der Waals surface area (Å²) in [7, 11) is 0. The highest BCUT2D eigenvalue weighted by Crippen LogP contribution is 2.24. The molecule has 1 N–H and O–H groups in total. The van der Waals surface area contributed by atoms with E-state index >= 15 is 0 Å². The van der Waals surface area contributed by atoms with Crippen LogP contribution >= 0.6 is 0 Å². The molecule has 126 valence electrons. The van der Waals surface area contributed by atoms with Gasteiger partial charge in [0.1, 0.15) is 12.4 Å². The zero-order valence-corrected chi connectivity index (χ0v) is 13.4. The predicted octanol–water partition coefficient (Wildman–Crippen LogP) is 2.97. The van der Waals surface area contributed by atoms with E-state index in [0.29, 0.717) is 24.7 Å². The lowest BCUT2D eigenvalue weighted by Crippen LogP contribution is -2.32. The quantitative estimate of drug-likeness (QED) is 0.828. The van der Waals surface area contributed by atoms with Crippen LogP contribution in [-0.4, -0.2) is 29.3 Å². The van der Waals surface area contributed by atoms with Crippen molar-refractivity contribution < 1.29 is 13.9 Å². The van der Waals surface area contributed by atoms with Crippen molar-refractivity contribution >= 4 is 5.91 Å². The van der Waals surface area contributed by atoms with Crippen molar-refractivity contribution in [2.75, 3.05) is 13.2 Å². The number of ether oxygens (including phenoxy) is 1. The van der Waals surface area contributed by atoms with Gasteiger partial charge in [-0.3, -0.25) is 4.79 Å². The summed E-state index contributed by atoms with van der Waals surface area (Å²) in [5.74, 6) is 0.399. The van der Waals surface area contributed by atoms with Crippen molar-refractivity contribution in [3.05, 3.63) is 42.2 Å².